The molecule has 7 nitrogen and oxygen atoms in total. The van der Waals surface area contributed by atoms with Gasteiger partial charge in [0.1, 0.15) is 11.5 Å². The van der Waals surface area contributed by atoms with Crippen LogP contribution in [-0.2, 0) is 4.79 Å². The standard InChI is InChI=1S/C23H21ClN4O3S/c1-14-18(11-12-31-14)21-26-27-23(28(21)17-7-5-4-6-8-17)32-15(2)22(29)25-19-13-16(24)9-10-20(19)30-3/h4-13,15H,1-3H3,(H,25,29). The molecule has 1 N–H and O–H groups in total. The van der Waals surface area contributed by atoms with Crippen molar-refractivity contribution in [1.29, 1.82) is 0 Å². The fraction of sp³-hybridized carbons (Fsp3) is 0.174. The number of carbonyl (C=O) groups is 1. The molecule has 0 radical (unpaired) electrons. The number of ether oxygens (including phenoxy) is 1. The number of aromatic nitrogens is 3. The predicted octanol–water partition coefficient (Wildman–Crippen LogP) is 5.62. The average Bonchev–Trinajstić information content (AvgIpc) is 3.40. The van der Waals surface area contributed by atoms with Crippen LogP contribution in [-0.4, -0.2) is 33.0 Å². The van der Waals surface area contributed by atoms with Crippen molar-refractivity contribution in [2.75, 3.05) is 12.4 Å². The van der Waals surface area contributed by atoms with E-state index in [0.717, 1.165) is 17.0 Å². The molecule has 4 aromatic rings. The predicted molar refractivity (Wildman–Crippen MR) is 126 cm³/mol. The SMILES string of the molecule is COc1ccc(Cl)cc1NC(=O)C(C)Sc1nnc(-c2ccoc2C)n1-c1ccccc1. The number of hydrogen-bond donors (Lipinski definition) is 1. The van der Waals surface area contributed by atoms with Crippen LogP contribution >= 0.6 is 23.4 Å². The van der Waals surface area contributed by atoms with Crippen molar-refractivity contribution < 1.29 is 13.9 Å². The third-order valence-corrected chi connectivity index (χ3v) is 6.10. The Kier molecular flexibility index (Phi) is 6.53. The van der Waals surface area contributed by atoms with Gasteiger partial charge in [0.05, 0.1) is 29.9 Å². The largest absolute Gasteiger partial charge is 0.495 e. The van der Waals surface area contributed by atoms with Crippen LogP contribution in [0.2, 0.25) is 5.02 Å². The number of benzene rings is 2. The van der Waals surface area contributed by atoms with Crippen molar-refractivity contribution in [2.45, 2.75) is 24.3 Å². The van der Waals surface area contributed by atoms with Crippen molar-refractivity contribution in [1.82, 2.24) is 14.8 Å². The number of nitrogens with one attached hydrogen (secondary N) is 1. The third kappa shape index (κ3) is 4.51. The van der Waals surface area contributed by atoms with E-state index in [1.807, 2.05) is 54.8 Å². The van der Waals surface area contributed by atoms with E-state index in [4.69, 9.17) is 20.8 Å². The molecule has 0 aliphatic carbocycles. The second-order valence-corrected chi connectivity index (χ2v) is 8.71. The topological polar surface area (TPSA) is 82.2 Å². The van der Waals surface area contributed by atoms with Gasteiger partial charge in [-0.05, 0) is 50.2 Å². The van der Waals surface area contributed by atoms with E-state index in [1.165, 1.54) is 11.8 Å². The number of anilines is 1. The summed E-state index contributed by atoms with van der Waals surface area (Å²) in [7, 11) is 1.54. The van der Waals surface area contributed by atoms with Gasteiger partial charge in [0.2, 0.25) is 5.91 Å². The normalized spacial score (nSPS) is 11.9. The molecule has 0 fully saturated rings. The summed E-state index contributed by atoms with van der Waals surface area (Å²) in [6, 6.07) is 16.7. The molecule has 1 amide bonds. The molecule has 1 atom stereocenters. The molecule has 32 heavy (non-hydrogen) atoms. The highest BCUT2D eigenvalue weighted by Gasteiger charge is 2.23. The summed E-state index contributed by atoms with van der Waals surface area (Å²) >= 11 is 7.39. The van der Waals surface area contributed by atoms with Crippen LogP contribution in [0.15, 0.2) is 70.4 Å². The van der Waals surface area contributed by atoms with Crippen LogP contribution in [0.25, 0.3) is 17.1 Å². The van der Waals surface area contributed by atoms with Crippen LogP contribution < -0.4 is 10.1 Å². The first-order valence-corrected chi connectivity index (χ1v) is 11.1. The molecule has 9 heteroatoms. The number of aryl methyl sites for hydroxylation is 1. The van der Waals surface area contributed by atoms with Gasteiger partial charge in [-0.15, -0.1) is 10.2 Å². The fourth-order valence-electron chi connectivity index (χ4n) is 3.17. The van der Waals surface area contributed by atoms with Gasteiger partial charge in [0.15, 0.2) is 11.0 Å². The second kappa shape index (κ2) is 9.50. The molecule has 2 aromatic heterocycles. The van der Waals surface area contributed by atoms with Crippen molar-refractivity contribution in [2.24, 2.45) is 0 Å². The number of halogens is 1. The van der Waals surface area contributed by atoms with Gasteiger partial charge >= 0.3 is 0 Å². The summed E-state index contributed by atoms with van der Waals surface area (Å²) in [6.45, 7) is 3.68. The number of nitrogens with zero attached hydrogens (tertiary/aromatic N) is 3. The molecule has 0 saturated heterocycles. The summed E-state index contributed by atoms with van der Waals surface area (Å²) in [5.74, 6) is 1.71. The summed E-state index contributed by atoms with van der Waals surface area (Å²) in [5, 5.41) is 12.3. The van der Waals surface area contributed by atoms with E-state index in [0.29, 0.717) is 27.4 Å². The highest BCUT2D eigenvalue weighted by Crippen LogP contribution is 2.33. The quantitative estimate of drug-likeness (QED) is 0.354. The first-order chi connectivity index (χ1) is 15.5. The molecule has 2 aromatic carbocycles. The molecular formula is C23H21ClN4O3S. The minimum atomic E-state index is -0.469. The number of rotatable bonds is 7. The Balaban J connectivity index is 1.63. The summed E-state index contributed by atoms with van der Waals surface area (Å²) in [4.78, 5) is 12.9. The molecule has 164 valence electrons. The number of hydrogen-bond acceptors (Lipinski definition) is 6. The maximum atomic E-state index is 12.9. The van der Waals surface area contributed by atoms with E-state index in [1.54, 1.807) is 31.6 Å². The maximum Gasteiger partial charge on any atom is 0.237 e. The van der Waals surface area contributed by atoms with E-state index in [2.05, 4.69) is 15.5 Å². The van der Waals surface area contributed by atoms with Crippen LogP contribution in [0.1, 0.15) is 12.7 Å². The lowest BCUT2D eigenvalue weighted by molar-refractivity contribution is -0.115. The molecule has 0 bridgehead atoms. The zero-order valence-corrected chi connectivity index (χ0v) is 19.3. The van der Waals surface area contributed by atoms with E-state index >= 15 is 0 Å². The minimum Gasteiger partial charge on any atom is -0.495 e. The molecule has 0 saturated carbocycles. The van der Waals surface area contributed by atoms with Gasteiger partial charge in [-0.25, -0.2) is 0 Å². The van der Waals surface area contributed by atoms with Gasteiger partial charge in [-0.3, -0.25) is 9.36 Å². The van der Waals surface area contributed by atoms with Gasteiger partial charge in [-0.1, -0.05) is 41.6 Å². The third-order valence-electron chi connectivity index (χ3n) is 4.82. The smallest absolute Gasteiger partial charge is 0.237 e. The highest BCUT2D eigenvalue weighted by atomic mass is 35.5. The lowest BCUT2D eigenvalue weighted by atomic mass is 10.2. The second-order valence-electron chi connectivity index (χ2n) is 6.96. The lowest BCUT2D eigenvalue weighted by Crippen LogP contribution is -2.23. The number of para-hydroxylation sites is 1. The Bertz CT molecular complexity index is 1240. The van der Waals surface area contributed by atoms with E-state index in [-0.39, 0.29) is 5.91 Å². The van der Waals surface area contributed by atoms with Gasteiger partial charge < -0.3 is 14.5 Å². The van der Waals surface area contributed by atoms with Crippen LogP contribution in [0.5, 0.6) is 5.75 Å². The highest BCUT2D eigenvalue weighted by molar-refractivity contribution is 8.00. The Morgan fingerprint density at radius 1 is 1.19 bits per heavy atom. The molecule has 0 aliphatic heterocycles. The van der Waals surface area contributed by atoms with Crippen molar-refractivity contribution in [3.8, 4) is 22.8 Å². The summed E-state index contributed by atoms with van der Waals surface area (Å²) < 4.78 is 12.7. The molecule has 1 unspecified atom stereocenters. The van der Waals surface area contributed by atoms with Crippen LogP contribution in [0, 0.1) is 6.92 Å². The lowest BCUT2D eigenvalue weighted by Gasteiger charge is -2.15. The first kappa shape index (κ1) is 22.0. The zero-order chi connectivity index (χ0) is 22.7. The van der Waals surface area contributed by atoms with Crippen molar-refractivity contribution in [3.05, 3.63) is 71.6 Å². The first-order valence-electron chi connectivity index (χ1n) is 9.84. The maximum absolute atomic E-state index is 12.9. The van der Waals surface area contributed by atoms with Crippen LogP contribution in [0.4, 0.5) is 5.69 Å². The Morgan fingerprint density at radius 2 is 1.97 bits per heavy atom. The molecule has 0 spiro atoms. The molecule has 2 heterocycles. The average molecular weight is 469 g/mol. The molecular weight excluding hydrogens is 448 g/mol. The molecule has 0 aliphatic rings. The zero-order valence-electron chi connectivity index (χ0n) is 17.7. The van der Waals surface area contributed by atoms with E-state index in [9.17, 15) is 4.79 Å². The van der Waals surface area contributed by atoms with Crippen molar-refractivity contribution >= 4 is 35.0 Å². The van der Waals surface area contributed by atoms with Crippen molar-refractivity contribution in [3.63, 3.8) is 0 Å². The van der Waals surface area contributed by atoms with Gasteiger partial charge in [-0.2, -0.15) is 0 Å². The van der Waals surface area contributed by atoms with E-state index < -0.39 is 5.25 Å². The fourth-order valence-corrected chi connectivity index (χ4v) is 4.21. The monoisotopic (exact) mass is 468 g/mol. The summed E-state index contributed by atoms with van der Waals surface area (Å²) in [6.07, 6.45) is 1.62. The Labute approximate surface area is 194 Å². The number of furan rings is 1. The Hall–Kier alpha value is -3.23. The Morgan fingerprint density at radius 3 is 2.66 bits per heavy atom. The number of carbonyl (C=O) groups excluding carboxylic acids is 1. The van der Waals surface area contributed by atoms with Crippen LogP contribution in [0.3, 0.4) is 0 Å². The van der Waals surface area contributed by atoms with Gasteiger partial charge in [0, 0.05) is 10.7 Å². The minimum absolute atomic E-state index is 0.209. The number of methoxy groups -OCH3 is 1. The van der Waals surface area contributed by atoms with Gasteiger partial charge in [0.25, 0.3) is 0 Å². The summed E-state index contributed by atoms with van der Waals surface area (Å²) in [5.41, 5.74) is 2.24. The number of thioether (sulfide) groups is 1. The molecule has 4 rings (SSSR count). The number of amides is 1.